The summed E-state index contributed by atoms with van der Waals surface area (Å²) in [5.41, 5.74) is 1.23. The van der Waals surface area contributed by atoms with Crippen molar-refractivity contribution in [1.29, 1.82) is 5.26 Å². The molecular formula is C14H11Cl2N3. The molecule has 1 aromatic heterocycles. The minimum absolute atomic E-state index is 0.227. The summed E-state index contributed by atoms with van der Waals surface area (Å²) < 4.78 is 0. The molecule has 0 saturated carbocycles. The lowest BCUT2D eigenvalue weighted by Gasteiger charge is -2.19. The number of halogens is 2. The molecule has 0 N–H and O–H groups in total. The van der Waals surface area contributed by atoms with Crippen LogP contribution in [0, 0.1) is 11.3 Å². The van der Waals surface area contributed by atoms with Crippen LogP contribution >= 0.6 is 23.2 Å². The fraction of sp³-hybridized carbons (Fsp3) is 0.143. The first-order valence-electron chi connectivity index (χ1n) is 5.63. The van der Waals surface area contributed by atoms with Crippen LogP contribution in [0.5, 0.6) is 0 Å². The standard InChI is InChI=1S/C14H11Cl2N3/c1-19(9-10-4-2-3-5-11(10)15)14-7-6-12(16)13(8-17)18-14/h2-7H,9H2,1H3. The highest BCUT2D eigenvalue weighted by atomic mass is 35.5. The van der Waals surface area contributed by atoms with Gasteiger partial charge in [-0.15, -0.1) is 0 Å². The van der Waals surface area contributed by atoms with Crippen LogP contribution in [0.1, 0.15) is 11.3 Å². The van der Waals surface area contributed by atoms with Gasteiger partial charge in [-0.1, -0.05) is 41.4 Å². The average molecular weight is 292 g/mol. The molecule has 3 nitrogen and oxygen atoms in total. The lowest BCUT2D eigenvalue weighted by atomic mass is 10.2. The van der Waals surface area contributed by atoms with Gasteiger partial charge in [0, 0.05) is 18.6 Å². The molecule has 0 radical (unpaired) electrons. The molecule has 0 aliphatic heterocycles. The molecule has 0 atom stereocenters. The van der Waals surface area contributed by atoms with Crippen LogP contribution in [0.3, 0.4) is 0 Å². The minimum atomic E-state index is 0.227. The van der Waals surface area contributed by atoms with Gasteiger partial charge in [-0.25, -0.2) is 4.98 Å². The van der Waals surface area contributed by atoms with E-state index >= 15 is 0 Å². The Hall–Kier alpha value is -1.76. The maximum absolute atomic E-state index is 8.92. The van der Waals surface area contributed by atoms with E-state index in [-0.39, 0.29) is 5.69 Å². The predicted octanol–water partition coefficient (Wildman–Crippen LogP) is 3.90. The van der Waals surface area contributed by atoms with Crippen molar-refractivity contribution in [2.24, 2.45) is 0 Å². The summed E-state index contributed by atoms with van der Waals surface area (Å²) in [7, 11) is 1.89. The molecule has 0 aliphatic rings. The zero-order valence-electron chi connectivity index (χ0n) is 10.3. The molecule has 0 spiro atoms. The summed E-state index contributed by atoms with van der Waals surface area (Å²) in [5, 5.41) is 9.99. The number of aromatic nitrogens is 1. The van der Waals surface area contributed by atoms with Gasteiger partial charge in [-0.3, -0.25) is 0 Å². The van der Waals surface area contributed by atoms with Crippen molar-refractivity contribution in [2.45, 2.75) is 6.54 Å². The summed E-state index contributed by atoms with van der Waals surface area (Å²) in [6, 6.07) is 13.1. The number of anilines is 1. The second-order valence-corrected chi connectivity index (χ2v) is 4.87. The average Bonchev–Trinajstić information content (AvgIpc) is 2.42. The van der Waals surface area contributed by atoms with E-state index < -0.39 is 0 Å². The number of hydrogen-bond donors (Lipinski definition) is 0. The van der Waals surface area contributed by atoms with E-state index in [1.165, 1.54) is 0 Å². The first-order valence-corrected chi connectivity index (χ1v) is 6.38. The van der Waals surface area contributed by atoms with E-state index in [4.69, 9.17) is 28.5 Å². The summed E-state index contributed by atoms with van der Waals surface area (Å²) >= 11 is 12.0. The van der Waals surface area contributed by atoms with Crippen molar-refractivity contribution < 1.29 is 0 Å². The Kier molecular flexibility index (Phi) is 4.26. The highest BCUT2D eigenvalue weighted by Gasteiger charge is 2.09. The number of nitrogens with zero attached hydrogens (tertiary/aromatic N) is 3. The molecule has 1 heterocycles. The third-order valence-electron chi connectivity index (χ3n) is 2.69. The maximum atomic E-state index is 8.92. The monoisotopic (exact) mass is 291 g/mol. The highest BCUT2D eigenvalue weighted by Crippen LogP contribution is 2.21. The van der Waals surface area contributed by atoms with Crippen molar-refractivity contribution in [3.63, 3.8) is 0 Å². The normalized spacial score (nSPS) is 10.0. The van der Waals surface area contributed by atoms with Crippen molar-refractivity contribution in [1.82, 2.24) is 4.98 Å². The van der Waals surface area contributed by atoms with Gasteiger partial charge in [0.2, 0.25) is 0 Å². The molecule has 0 fully saturated rings. The van der Waals surface area contributed by atoms with Gasteiger partial charge in [0.25, 0.3) is 0 Å². The van der Waals surface area contributed by atoms with E-state index in [1.54, 1.807) is 12.1 Å². The summed E-state index contributed by atoms with van der Waals surface area (Å²) in [5.74, 6) is 0.681. The van der Waals surface area contributed by atoms with Gasteiger partial charge < -0.3 is 4.90 Å². The molecule has 0 amide bonds. The van der Waals surface area contributed by atoms with Crippen molar-refractivity contribution in [3.05, 3.63) is 57.7 Å². The van der Waals surface area contributed by atoms with Crippen molar-refractivity contribution in [2.75, 3.05) is 11.9 Å². The van der Waals surface area contributed by atoms with E-state index in [0.717, 1.165) is 5.56 Å². The van der Waals surface area contributed by atoms with Crippen molar-refractivity contribution >= 4 is 29.0 Å². The number of pyridine rings is 1. The van der Waals surface area contributed by atoms with E-state index in [9.17, 15) is 0 Å². The fourth-order valence-corrected chi connectivity index (χ4v) is 2.03. The second kappa shape index (κ2) is 5.92. The summed E-state index contributed by atoms with van der Waals surface area (Å²) in [6.45, 7) is 0.610. The molecule has 5 heteroatoms. The molecule has 19 heavy (non-hydrogen) atoms. The summed E-state index contributed by atoms with van der Waals surface area (Å²) in [4.78, 5) is 6.12. The smallest absolute Gasteiger partial charge is 0.161 e. The first-order chi connectivity index (χ1) is 9.11. The molecule has 2 aromatic rings. The SMILES string of the molecule is CN(Cc1ccccc1Cl)c1ccc(Cl)c(C#N)n1. The van der Waals surface area contributed by atoms with Crippen LogP contribution < -0.4 is 4.90 Å². The molecule has 1 aromatic carbocycles. The van der Waals surface area contributed by atoms with Gasteiger partial charge in [-0.05, 0) is 23.8 Å². The highest BCUT2D eigenvalue weighted by molar-refractivity contribution is 6.31. The minimum Gasteiger partial charge on any atom is -0.355 e. The first kappa shape index (κ1) is 13.7. The van der Waals surface area contributed by atoms with Crippen LogP contribution in [0.4, 0.5) is 5.82 Å². The number of rotatable bonds is 3. The molecular weight excluding hydrogens is 281 g/mol. The molecule has 0 unspecified atom stereocenters. The van der Waals surface area contributed by atoms with Gasteiger partial charge >= 0.3 is 0 Å². The number of benzene rings is 1. The van der Waals surface area contributed by atoms with Gasteiger partial charge in [0.1, 0.15) is 11.9 Å². The largest absolute Gasteiger partial charge is 0.355 e. The molecule has 0 saturated heterocycles. The lowest BCUT2D eigenvalue weighted by Crippen LogP contribution is -2.18. The molecule has 2 rings (SSSR count). The fourth-order valence-electron chi connectivity index (χ4n) is 1.69. The Labute approximate surface area is 122 Å². The van der Waals surface area contributed by atoms with Crippen LogP contribution in [0.2, 0.25) is 10.0 Å². The second-order valence-electron chi connectivity index (χ2n) is 4.06. The molecule has 0 bridgehead atoms. The Morgan fingerprint density at radius 2 is 1.89 bits per heavy atom. The summed E-state index contributed by atoms with van der Waals surface area (Å²) in [6.07, 6.45) is 0. The van der Waals surface area contributed by atoms with E-state index in [0.29, 0.717) is 22.4 Å². The number of nitriles is 1. The van der Waals surface area contributed by atoms with Crippen LogP contribution in [0.25, 0.3) is 0 Å². The van der Waals surface area contributed by atoms with Crippen LogP contribution in [-0.4, -0.2) is 12.0 Å². The maximum Gasteiger partial charge on any atom is 0.161 e. The molecule has 0 aliphatic carbocycles. The van der Waals surface area contributed by atoms with Crippen molar-refractivity contribution in [3.8, 4) is 6.07 Å². The Morgan fingerprint density at radius 3 is 2.58 bits per heavy atom. The van der Waals surface area contributed by atoms with E-state index in [2.05, 4.69) is 4.98 Å². The van der Waals surface area contributed by atoms with Gasteiger partial charge in [0.15, 0.2) is 5.69 Å². The predicted molar refractivity (Wildman–Crippen MR) is 77.5 cm³/mol. The topological polar surface area (TPSA) is 39.9 Å². The Balaban J connectivity index is 2.24. The molecule has 96 valence electrons. The third-order valence-corrected chi connectivity index (χ3v) is 3.37. The Morgan fingerprint density at radius 1 is 1.16 bits per heavy atom. The third kappa shape index (κ3) is 3.17. The quantitative estimate of drug-likeness (QED) is 0.861. The lowest BCUT2D eigenvalue weighted by molar-refractivity contribution is 0.896. The zero-order valence-corrected chi connectivity index (χ0v) is 11.8. The Bertz CT molecular complexity index is 635. The number of hydrogen-bond acceptors (Lipinski definition) is 3. The zero-order chi connectivity index (χ0) is 13.8. The van der Waals surface area contributed by atoms with Gasteiger partial charge in [0.05, 0.1) is 5.02 Å². The van der Waals surface area contributed by atoms with Gasteiger partial charge in [-0.2, -0.15) is 5.26 Å². The van der Waals surface area contributed by atoms with E-state index in [1.807, 2.05) is 42.3 Å². The van der Waals surface area contributed by atoms with Crippen LogP contribution in [0.15, 0.2) is 36.4 Å². The van der Waals surface area contributed by atoms with Crippen LogP contribution in [-0.2, 0) is 6.54 Å².